The topological polar surface area (TPSA) is 44.2 Å². The number of nitrogens with one attached hydrogen (secondary N) is 1. The van der Waals surface area contributed by atoms with E-state index in [0.717, 1.165) is 12.2 Å². The predicted molar refractivity (Wildman–Crippen MR) is 90.6 cm³/mol. The molecule has 2 aromatic carbocycles. The summed E-state index contributed by atoms with van der Waals surface area (Å²) in [4.78, 5) is 2.90. The van der Waals surface area contributed by atoms with Gasteiger partial charge in [0.15, 0.2) is 0 Å². The van der Waals surface area contributed by atoms with E-state index in [1.54, 1.807) is 0 Å². The molecule has 104 valence electrons. The standard InChI is InChI=1S/C15H15IN2OS/c16-13-5-3-4-12(10-13)11-18-8-9-20(17,19)15-7-2-1-6-14(15)18/h1-7,10,17H,8-9,11H2. The SMILES string of the molecule is N=S1(=O)CCN(Cc2cccc(I)c2)c2ccccc21. The van der Waals surface area contributed by atoms with Gasteiger partial charge in [-0.2, -0.15) is 0 Å². The minimum Gasteiger partial charge on any atom is -0.365 e. The van der Waals surface area contributed by atoms with Crippen LogP contribution in [0.5, 0.6) is 0 Å². The lowest BCUT2D eigenvalue weighted by Gasteiger charge is -2.32. The van der Waals surface area contributed by atoms with E-state index in [0.29, 0.717) is 17.2 Å². The van der Waals surface area contributed by atoms with Crippen molar-refractivity contribution in [3.05, 3.63) is 57.7 Å². The molecule has 1 heterocycles. The molecule has 0 saturated carbocycles. The fraction of sp³-hybridized carbons (Fsp3) is 0.200. The van der Waals surface area contributed by atoms with E-state index in [9.17, 15) is 4.21 Å². The summed E-state index contributed by atoms with van der Waals surface area (Å²) in [5.74, 6) is 0.411. The largest absolute Gasteiger partial charge is 0.365 e. The Balaban J connectivity index is 1.96. The van der Waals surface area contributed by atoms with Crippen molar-refractivity contribution in [2.75, 3.05) is 17.2 Å². The van der Waals surface area contributed by atoms with Crippen LogP contribution < -0.4 is 4.90 Å². The minimum absolute atomic E-state index is 0.411. The molecule has 1 aliphatic rings. The lowest BCUT2D eigenvalue weighted by molar-refractivity contribution is 0.666. The van der Waals surface area contributed by atoms with Gasteiger partial charge in [-0.05, 0) is 52.4 Å². The Labute approximate surface area is 133 Å². The molecular weight excluding hydrogens is 383 g/mol. The van der Waals surface area contributed by atoms with E-state index >= 15 is 0 Å². The monoisotopic (exact) mass is 398 g/mol. The molecule has 0 saturated heterocycles. The average molecular weight is 398 g/mol. The summed E-state index contributed by atoms with van der Waals surface area (Å²) < 4.78 is 21.5. The average Bonchev–Trinajstić information content (AvgIpc) is 2.43. The van der Waals surface area contributed by atoms with Crippen molar-refractivity contribution in [2.45, 2.75) is 11.4 Å². The molecule has 1 unspecified atom stereocenters. The Morgan fingerprint density at radius 3 is 2.80 bits per heavy atom. The van der Waals surface area contributed by atoms with Crippen LogP contribution in [0.2, 0.25) is 0 Å². The van der Waals surface area contributed by atoms with Crippen LogP contribution in [-0.4, -0.2) is 16.5 Å². The first-order valence-corrected chi connectivity index (χ1v) is 9.22. The van der Waals surface area contributed by atoms with Crippen molar-refractivity contribution in [3.8, 4) is 0 Å². The smallest absolute Gasteiger partial charge is 0.0764 e. The maximum absolute atomic E-state index is 12.3. The summed E-state index contributed by atoms with van der Waals surface area (Å²) in [6.45, 7) is 1.47. The Morgan fingerprint density at radius 1 is 1.20 bits per heavy atom. The van der Waals surface area contributed by atoms with Gasteiger partial charge in [0.25, 0.3) is 0 Å². The third-order valence-corrected chi connectivity index (χ3v) is 5.96. The first-order chi connectivity index (χ1) is 9.56. The normalized spacial score (nSPS) is 21.6. The van der Waals surface area contributed by atoms with Gasteiger partial charge in [-0.25, -0.2) is 8.99 Å². The zero-order chi connectivity index (χ0) is 14.2. The molecule has 0 fully saturated rings. The molecule has 2 aromatic rings. The van der Waals surface area contributed by atoms with Crippen LogP contribution in [0.15, 0.2) is 53.4 Å². The van der Waals surface area contributed by atoms with Crippen molar-refractivity contribution in [1.29, 1.82) is 4.78 Å². The first kappa shape index (κ1) is 13.9. The van der Waals surface area contributed by atoms with Gasteiger partial charge in [0, 0.05) is 16.7 Å². The van der Waals surface area contributed by atoms with E-state index in [4.69, 9.17) is 4.78 Å². The quantitative estimate of drug-likeness (QED) is 0.784. The first-order valence-electron chi connectivity index (χ1n) is 6.41. The van der Waals surface area contributed by atoms with Crippen molar-refractivity contribution in [3.63, 3.8) is 0 Å². The molecule has 1 N–H and O–H groups in total. The minimum atomic E-state index is -2.62. The number of fused-ring (bicyclic) bond motifs is 1. The number of hydrogen-bond donors (Lipinski definition) is 1. The van der Waals surface area contributed by atoms with Crippen LogP contribution in [-0.2, 0) is 16.3 Å². The summed E-state index contributed by atoms with van der Waals surface area (Å²) in [5.41, 5.74) is 2.18. The van der Waals surface area contributed by atoms with Gasteiger partial charge in [0.2, 0.25) is 0 Å². The van der Waals surface area contributed by atoms with Crippen molar-refractivity contribution < 1.29 is 4.21 Å². The van der Waals surface area contributed by atoms with Crippen LogP contribution in [0.25, 0.3) is 0 Å². The van der Waals surface area contributed by atoms with Crippen molar-refractivity contribution in [1.82, 2.24) is 0 Å². The number of hydrogen-bond acceptors (Lipinski definition) is 3. The van der Waals surface area contributed by atoms with Gasteiger partial charge in [0.05, 0.1) is 26.1 Å². The third-order valence-electron chi connectivity index (χ3n) is 3.47. The summed E-state index contributed by atoms with van der Waals surface area (Å²) in [6, 6.07) is 16.0. The zero-order valence-electron chi connectivity index (χ0n) is 10.9. The molecule has 3 rings (SSSR count). The summed E-state index contributed by atoms with van der Waals surface area (Å²) >= 11 is 2.31. The van der Waals surface area contributed by atoms with Gasteiger partial charge >= 0.3 is 0 Å². The van der Waals surface area contributed by atoms with Gasteiger partial charge in [-0.15, -0.1) is 0 Å². The Bertz CT molecular complexity index is 743. The van der Waals surface area contributed by atoms with Crippen LogP contribution in [0.3, 0.4) is 0 Å². The third kappa shape index (κ3) is 2.69. The second kappa shape index (κ2) is 5.37. The lowest BCUT2D eigenvalue weighted by Crippen LogP contribution is -2.34. The highest BCUT2D eigenvalue weighted by atomic mass is 127. The van der Waals surface area contributed by atoms with Crippen molar-refractivity contribution >= 4 is 38.0 Å². The highest BCUT2D eigenvalue weighted by Crippen LogP contribution is 2.31. The van der Waals surface area contributed by atoms with E-state index in [2.05, 4.69) is 51.8 Å². The number of anilines is 1. The van der Waals surface area contributed by atoms with Gasteiger partial charge < -0.3 is 4.90 Å². The lowest BCUT2D eigenvalue weighted by atomic mass is 10.2. The summed E-state index contributed by atoms with van der Waals surface area (Å²) in [5, 5.41) is 0. The number of halogens is 1. The van der Waals surface area contributed by atoms with E-state index < -0.39 is 9.73 Å². The van der Waals surface area contributed by atoms with Gasteiger partial charge in [-0.3, -0.25) is 0 Å². The summed E-state index contributed by atoms with van der Waals surface area (Å²) in [7, 11) is -2.62. The molecule has 3 nitrogen and oxygen atoms in total. The molecule has 1 atom stereocenters. The molecule has 0 amide bonds. The highest BCUT2D eigenvalue weighted by Gasteiger charge is 2.25. The molecule has 5 heteroatoms. The molecule has 0 aliphatic carbocycles. The molecule has 1 aliphatic heterocycles. The Hall–Kier alpha value is -1.08. The summed E-state index contributed by atoms with van der Waals surface area (Å²) in [6.07, 6.45) is 0. The maximum Gasteiger partial charge on any atom is 0.0764 e. The van der Waals surface area contributed by atoms with Crippen LogP contribution in [0.1, 0.15) is 5.56 Å². The van der Waals surface area contributed by atoms with E-state index in [1.807, 2.05) is 24.3 Å². The maximum atomic E-state index is 12.3. The van der Waals surface area contributed by atoms with Gasteiger partial charge in [-0.1, -0.05) is 24.3 Å². The van der Waals surface area contributed by atoms with Crippen LogP contribution in [0.4, 0.5) is 5.69 Å². The fourth-order valence-electron chi connectivity index (χ4n) is 2.49. The zero-order valence-corrected chi connectivity index (χ0v) is 13.9. The van der Waals surface area contributed by atoms with E-state index in [-0.39, 0.29) is 0 Å². The molecule has 20 heavy (non-hydrogen) atoms. The predicted octanol–water partition coefficient (Wildman–Crippen LogP) is 3.72. The molecule has 0 spiro atoms. The van der Waals surface area contributed by atoms with Crippen LogP contribution in [0, 0.1) is 8.35 Å². The van der Waals surface area contributed by atoms with E-state index in [1.165, 1.54) is 9.13 Å². The number of rotatable bonds is 2. The number of nitrogens with zero attached hydrogens (tertiary/aromatic N) is 1. The number of benzene rings is 2. The molecule has 0 radical (unpaired) electrons. The molecule has 0 bridgehead atoms. The Kier molecular flexibility index (Phi) is 3.72. The highest BCUT2D eigenvalue weighted by molar-refractivity contribution is 14.1. The van der Waals surface area contributed by atoms with Gasteiger partial charge in [0.1, 0.15) is 0 Å². The van der Waals surface area contributed by atoms with Crippen LogP contribution >= 0.6 is 22.6 Å². The fourth-order valence-corrected chi connectivity index (χ4v) is 4.62. The molecular formula is C15H15IN2OS. The second-order valence-corrected chi connectivity index (χ2v) is 8.34. The van der Waals surface area contributed by atoms with Crippen molar-refractivity contribution in [2.24, 2.45) is 0 Å². The molecule has 0 aromatic heterocycles. The Morgan fingerprint density at radius 2 is 2.00 bits per heavy atom. The second-order valence-electron chi connectivity index (χ2n) is 4.90. The number of para-hydroxylation sites is 1.